The lowest BCUT2D eigenvalue weighted by atomic mass is 10.0. The van der Waals surface area contributed by atoms with Gasteiger partial charge in [-0.25, -0.2) is 13.1 Å². The van der Waals surface area contributed by atoms with Crippen LogP contribution in [0.4, 0.5) is 0 Å². The number of nitrogens with one attached hydrogen (secondary N) is 4. The summed E-state index contributed by atoms with van der Waals surface area (Å²) in [6.45, 7) is 6.98. The summed E-state index contributed by atoms with van der Waals surface area (Å²) in [5, 5.41) is 22.7. The van der Waals surface area contributed by atoms with E-state index in [0.717, 1.165) is 5.56 Å². The van der Waals surface area contributed by atoms with Crippen molar-refractivity contribution in [2.45, 2.75) is 65.3 Å². The van der Waals surface area contributed by atoms with Crippen molar-refractivity contribution in [3.05, 3.63) is 35.4 Å². The van der Waals surface area contributed by atoms with Crippen molar-refractivity contribution < 1.29 is 23.1 Å². The fourth-order valence-corrected chi connectivity index (χ4v) is 4.32. The lowest BCUT2D eigenvalue weighted by Gasteiger charge is -2.25. The summed E-state index contributed by atoms with van der Waals surface area (Å²) in [6.07, 6.45) is -0.603. The van der Waals surface area contributed by atoms with Crippen molar-refractivity contribution in [2.75, 3.05) is 5.75 Å². The van der Waals surface area contributed by atoms with Crippen molar-refractivity contribution >= 4 is 27.7 Å². The molecule has 7 N–H and O–H groups in total. The molecule has 3 atom stereocenters. The van der Waals surface area contributed by atoms with Gasteiger partial charge in [-0.15, -0.1) is 0 Å². The second kappa shape index (κ2) is 12.5. The van der Waals surface area contributed by atoms with Crippen molar-refractivity contribution in [1.29, 1.82) is 5.41 Å². The maximum atomic E-state index is 12.8. The molecule has 2 amide bonds. The molecule has 180 valence electrons. The maximum Gasteiger partial charge on any atom is 0.242 e. The van der Waals surface area contributed by atoms with Crippen molar-refractivity contribution in [1.82, 2.24) is 15.4 Å². The Hall–Kier alpha value is -2.50. The number of benzene rings is 1. The number of aliphatic hydroxyl groups excluding tert-OH is 1. The van der Waals surface area contributed by atoms with Crippen LogP contribution in [0.2, 0.25) is 0 Å². The highest BCUT2D eigenvalue weighted by Crippen LogP contribution is 2.08. The van der Waals surface area contributed by atoms with E-state index in [2.05, 4.69) is 15.4 Å². The first-order valence-corrected chi connectivity index (χ1v) is 12.2. The van der Waals surface area contributed by atoms with Gasteiger partial charge >= 0.3 is 0 Å². The molecule has 0 saturated heterocycles. The predicted molar refractivity (Wildman–Crippen MR) is 123 cm³/mol. The van der Waals surface area contributed by atoms with Crippen LogP contribution in [-0.4, -0.2) is 55.1 Å². The molecule has 1 aromatic carbocycles. The van der Waals surface area contributed by atoms with E-state index in [-0.39, 0.29) is 24.1 Å². The van der Waals surface area contributed by atoms with Crippen LogP contribution in [0, 0.1) is 11.3 Å². The van der Waals surface area contributed by atoms with Gasteiger partial charge in [0.15, 0.2) is 0 Å². The highest BCUT2D eigenvalue weighted by Gasteiger charge is 2.31. The monoisotopic (exact) mass is 469 g/mol. The molecular formula is C21H35N5O5S. The summed E-state index contributed by atoms with van der Waals surface area (Å²) in [4.78, 5) is 25.5. The number of carbonyl (C=O) groups excluding carboxylic acids is 2. The average Bonchev–Trinajstić information content (AvgIpc) is 2.69. The summed E-state index contributed by atoms with van der Waals surface area (Å²) >= 11 is 0. The molecule has 0 heterocycles. The Bertz CT molecular complexity index is 884. The van der Waals surface area contributed by atoms with Crippen LogP contribution in [0.5, 0.6) is 0 Å². The van der Waals surface area contributed by atoms with Gasteiger partial charge in [0.25, 0.3) is 0 Å². The van der Waals surface area contributed by atoms with Crippen LogP contribution in [-0.2, 0) is 26.2 Å². The number of hydrogen-bond acceptors (Lipinski definition) is 6. The standard InChI is InChI=1S/C21H35N5O5S/c1-5-10-32(30,31)26-18(14(4)27)21(29)25-17(11-13(2)3)20(28)24-12-15-6-8-16(9-7-15)19(22)23/h6-9,13-14,17-18,26-27H,5,10-12H2,1-4H3,(H3,22,23)(H,24,28)(H,25,29). The van der Waals surface area contributed by atoms with Crippen LogP contribution >= 0.6 is 0 Å². The lowest BCUT2D eigenvalue weighted by Crippen LogP contribution is -2.57. The van der Waals surface area contributed by atoms with Crippen molar-refractivity contribution in [3.8, 4) is 0 Å². The van der Waals surface area contributed by atoms with Gasteiger partial charge < -0.3 is 21.5 Å². The summed E-state index contributed by atoms with van der Waals surface area (Å²) in [5.74, 6) is -1.36. The van der Waals surface area contributed by atoms with E-state index in [0.29, 0.717) is 18.4 Å². The van der Waals surface area contributed by atoms with Crippen LogP contribution in [0.3, 0.4) is 0 Å². The zero-order chi connectivity index (χ0) is 24.5. The molecule has 0 bridgehead atoms. The Morgan fingerprint density at radius 1 is 1.12 bits per heavy atom. The maximum absolute atomic E-state index is 12.8. The number of carbonyl (C=O) groups is 2. The fraction of sp³-hybridized carbons (Fsp3) is 0.571. The number of hydrogen-bond donors (Lipinski definition) is 6. The topological polar surface area (TPSA) is 174 Å². The Morgan fingerprint density at radius 3 is 2.19 bits per heavy atom. The molecule has 0 aliphatic heterocycles. The Balaban J connectivity index is 2.87. The third-order valence-electron chi connectivity index (χ3n) is 4.62. The Kier molecular flexibility index (Phi) is 10.8. The molecule has 1 rings (SSSR count). The molecular weight excluding hydrogens is 434 g/mol. The molecule has 0 saturated carbocycles. The van der Waals surface area contributed by atoms with Gasteiger partial charge in [0.2, 0.25) is 21.8 Å². The number of sulfonamides is 1. The molecule has 0 aliphatic rings. The Labute approximate surface area is 189 Å². The number of amidine groups is 1. The van der Waals surface area contributed by atoms with Crippen LogP contribution in [0.25, 0.3) is 0 Å². The molecule has 1 aromatic rings. The largest absolute Gasteiger partial charge is 0.391 e. The fourth-order valence-electron chi connectivity index (χ4n) is 2.97. The van der Waals surface area contributed by atoms with Gasteiger partial charge in [0.1, 0.15) is 17.9 Å². The summed E-state index contributed by atoms with van der Waals surface area (Å²) in [7, 11) is -3.75. The number of aliphatic hydroxyl groups is 1. The zero-order valence-corrected chi connectivity index (χ0v) is 19.8. The smallest absolute Gasteiger partial charge is 0.242 e. The molecule has 0 aromatic heterocycles. The number of nitrogens with two attached hydrogens (primary N) is 1. The van der Waals surface area contributed by atoms with Gasteiger partial charge in [0.05, 0.1) is 11.9 Å². The molecule has 0 aliphatic carbocycles. The molecule has 3 unspecified atom stereocenters. The molecule has 0 fully saturated rings. The summed E-state index contributed by atoms with van der Waals surface area (Å²) in [6, 6.07) is 4.50. The number of amides is 2. The molecule has 32 heavy (non-hydrogen) atoms. The van der Waals surface area contributed by atoms with Crippen LogP contribution < -0.4 is 21.1 Å². The normalized spacial score (nSPS) is 14.4. The van der Waals surface area contributed by atoms with E-state index >= 15 is 0 Å². The van der Waals surface area contributed by atoms with Gasteiger partial charge in [-0.05, 0) is 31.2 Å². The second-order valence-electron chi connectivity index (χ2n) is 8.17. The van der Waals surface area contributed by atoms with E-state index in [1.54, 1.807) is 31.2 Å². The van der Waals surface area contributed by atoms with Crippen molar-refractivity contribution in [2.24, 2.45) is 11.7 Å². The van der Waals surface area contributed by atoms with E-state index < -0.39 is 40.0 Å². The lowest BCUT2D eigenvalue weighted by molar-refractivity contribution is -0.131. The molecule has 10 nitrogen and oxygen atoms in total. The average molecular weight is 470 g/mol. The summed E-state index contributed by atoms with van der Waals surface area (Å²) < 4.78 is 26.4. The minimum Gasteiger partial charge on any atom is -0.391 e. The first-order chi connectivity index (χ1) is 14.9. The predicted octanol–water partition coefficient (Wildman–Crippen LogP) is 0.197. The van der Waals surface area contributed by atoms with E-state index in [4.69, 9.17) is 11.1 Å². The minimum atomic E-state index is -3.75. The Morgan fingerprint density at radius 2 is 1.72 bits per heavy atom. The van der Waals surface area contributed by atoms with E-state index in [9.17, 15) is 23.1 Å². The second-order valence-corrected chi connectivity index (χ2v) is 10.0. The van der Waals surface area contributed by atoms with E-state index in [1.807, 2.05) is 13.8 Å². The van der Waals surface area contributed by atoms with Crippen molar-refractivity contribution in [3.63, 3.8) is 0 Å². The van der Waals surface area contributed by atoms with Gasteiger partial charge in [-0.2, -0.15) is 0 Å². The number of nitrogen functional groups attached to an aromatic ring is 1. The third-order valence-corrected chi connectivity index (χ3v) is 6.17. The van der Waals surface area contributed by atoms with Gasteiger partial charge in [-0.1, -0.05) is 45.0 Å². The van der Waals surface area contributed by atoms with Gasteiger partial charge in [0, 0.05) is 12.1 Å². The molecule has 0 spiro atoms. The van der Waals surface area contributed by atoms with Crippen LogP contribution in [0.1, 0.15) is 51.7 Å². The van der Waals surface area contributed by atoms with Gasteiger partial charge in [-0.3, -0.25) is 15.0 Å². The first-order valence-electron chi connectivity index (χ1n) is 10.6. The molecule has 11 heteroatoms. The minimum absolute atomic E-state index is 0.0532. The molecule has 0 radical (unpaired) electrons. The number of rotatable bonds is 13. The van der Waals surface area contributed by atoms with Crippen LogP contribution in [0.15, 0.2) is 24.3 Å². The highest BCUT2D eigenvalue weighted by atomic mass is 32.2. The zero-order valence-electron chi connectivity index (χ0n) is 19.0. The first kappa shape index (κ1) is 27.5. The SMILES string of the molecule is CCCS(=O)(=O)NC(C(=O)NC(CC(C)C)C(=O)NCc1ccc(C(=N)N)cc1)C(C)O. The summed E-state index contributed by atoms with van der Waals surface area (Å²) in [5.41, 5.74) is 6.79. The quantitative estimate of drug-likeness (QED) is 0.178. The van der Waals surface area contributed by atoms with E-state index in [1.165, 1.54) is 6.92 Å². The third kappa shape index (κ3) is 9.33. The highest BCUT2D eigenvalue weighted by molar-refractivity contribution is 7.89.